The van der Waals surface area contributed by atoms with E-state index in [1.807, 2.05) is 6.26 Å². The molecular weight excluding hydrogens is 268 g/mol. The Morgan fingerprint density at radius 1 is 1.47 bits per heavy atom. The minimum Gasteiger partial charge on any atom is -0.477 e. The molecule has 0 saturated heterocycles. The molecule has 0 aromatic heterocycles. The number of hydrogen-bond donors (Lipinski definition) is 2. The van der Waals surface area contributed by atoms with Gasteiger partial charge in [-0.1, -0.05) is 6.07 Å². The highest BCUT2D eigenvalue weighted by Gasteiger charge is 2.23. The fourth-order valence-electron chi connectivity index (χ4n) is 1.65. The lowest BCUT2D eigenvalue weighted by molar-refractivity contribution is -0.384. The summed E-state index contributed by atoms with van der Waals surface area (Å²) >= 11 is 1.75. The van der Waals surface area contributed by atoms with Crippen LogP contribution in [0.1, 0.15) is 23.2 Å². The topological polar surface area (TPSA) is 92.5 Å². The van der Waals surface area contributed by atoms with Crippen LogP contribution in [0.2, 0.25) is 0 Å². The smallest absolute Gasteiger partial charge is 0.342 e. The van der Waals surface area contributed by atoms with E-state index < -0.39 is 10.9 Å². The molecule has 19 heavy (non-hydrogen) atoms. The van der Waals surface area contributed by atoms with Crippen LogP contribution >= 0.6 is 11.8 Å². The van der Waals surface area contributed by atoms with Gasteiger partial charge in [-0.15, -0.1) is 0 Å². The van der Waals surface area contributed by atoms with Gasteiger partial charge in [0.15, 0.2) is 0 Å². The molecule has 1 aromatic carbocycles. The summed E-state index contributed by atoms with van der Waals surface area (Å²) in [4.78, 5) is 21.3. The van der Waals surface area contributed by atoms with Gasteiger partial charge >= 0.3 is 11.7 Å². The lowest BCUT2D eigenvalue weighted by Gasteiger charge is -2.08. The van der Waals surface area contributed by atoms with E-state index >= 15 is 0 Å². The number of nitrogens with one attached hydrogen (secondary N) is 1. The highest BCUT2D eigenvalue weighted by Crippen LogP contribution is 2.28. The molecule has 0 amide bonds. The second-order valence-corrected chi connectivity index (χ2v) is 4.88. The monoisotopic (exact) mass is 284 g/mol. The van der Waals surface area contributed by atoms with Gasteiger partial charge in [-0.2, -0.15) is 11.8 Å². The largest absolute Gasteiger partial charge is 0.477 e. The molecule has 0 bridgehead atoms. The maximum atomic E-state index is 11.0. The number of benzene rings is 1. The van der Waals surface area contributed by atoms with Gasteiger partial charge in [-0.05, 0) is 37.0 Å². The number of unbranched alkanes of at least 4 members (excludes halogenated alkanes) is 1. The Labute approximate surface area is 115 Å². The summed E-state index contributed by atoms with van der Waals surface area (Å²) in [6.07, 6.45) is 3.92. The van der Waals surface area contributed by atoms with Gasteiger partial charge in [0, 0.05) is 6.54 Å². The van der Waals surface area contributed by atoms with E-state index in [4.69, 9.17) is 5.11 Å². The second-order valence-electron chi connectivity index (χ2n) is 3.89. The molecule has 7 heteroatoms. The fourth-order valence-corrected chi connectivity index (χ4v) is 2.14. The summed E-state index contributed by atoms with van der Waals surface area (Å²) in [5.74, 6) is -0.253. The van der Waals surface area contributed by atoms with E-state index in [-0.39, 0.29) is 16.9 Å². The van der Waals surface area contributed by atoms with E-state index in [1.165, 1.54) is 18.2 Å². The lowest BCUT2D eigenvalue weighted by Crippen LogP contribution is -2.09. The molecule has 0 heterocycles. The Hall–Kier alpha value is -1.76. The fraction of sp³-hybridized carbons (Fsp3) is 0.417. The summed E-state index contributed by atoms with van der Waals surface area (Å²) in [6, 6.07) is 4.26. The average molecular weight is 284 g/mol. The van der Waals surface area contributed by atoms with E-state index in [9.17, 15) is 14.9 Å². The number of thioether (sulfide) groups is 1. The van der Waals surface area contributed by atoms with Crippen LogP contribution in [0.4, 0.5) is 11.4 Å². The molecule has 0 radical (unpaired) electrons. The molecule has 0 aliphatic rings. The van der Waals surface area contributed by atoms with Crippen LogP contribution in [-0.4, -0.2) is 34.6 Å². The third-order valence-corrected chi connectivity index (χ3v) is 3.24. The zero-order valence-corrected chi connectivity index (χ0v) is 11.4. The van der Waals surface area contributed by atoms with Crippen molar-refractivity contribution in [3.05, 3.63) is 33.9 Å². The molecule has 0 unspecified atom stereocenters. The molecule has 0 aliphatic carbocycles. The van der Waals surface area contributed by atoms with E-state index in [1.54, 1.807) is 11.8 Å². The summed E-state index contributed by atoms with van der Waals surface area (Å²) < 4.78 is 0. The van der Waals surface area contributed by atoms with Gasteiger partial charge in [0.05, 0.1) is 4.92 Å². The Balaban J connectivity index is 2.80. The molecular formula is C12H16N2O4S. The van der Waals surface area contributed by atoms with Crippen molar-refractivity contribution in [2.75, 3.05) is 23.9 Å². The second kappa shape index (κ2) is 7.63. The van der Waals surface area contributed by atoms with E-state index in [0.29, 0.717) is 6.54 Å². The van der Waals surface area contributed by atoms with Crippen LogP contribution in [0.15, 0.2) is 18.2 Å². The first kappa shape index (κ1) is 15.3. The number of hydrogen-bond acceptors (Lipinski definition) is 5. The lowest BCUT2D eigenvalue weighted by atomic mass is 10.1. The number of carboxylic acid groups (broad SMARTS) is 1. The predicted molar refractivity (Wildman–Crippen MR) is 76.2 cm³/mol. The van der Waals surface area contributed by atoms with Crippen LogP contribution in [0, 0.1) is 10.1 Å². The number of para-hydroxylation sites is 1. The number of aromatic carboxylic acids is 1. The Morgan fingerprint density at radius 2 is 2.21 bits per heavy atom. The third-order valence-electron chi connectivity index (χ3n) is 2.54. The predicted octanol–water partition coefficient (Wildman–Crippen LogP) is 2.85. The standard InChI is InChI=1S/C12H16N2O4S/c1-19-8-3-2-7-13-10-6-4-5-9(12(15)16)11(10)14(17)18/h4-6,13H,2-3,7-8H2,1H3,(H,15,16). The highest BCUT2D eigenvalue weighted by atomic mass is 32.2. The van der Waals surface area contributed by atoms with Crippen molar-refractivity contribution in [2.24, 2.45) is 0 Å². The number of nitrogens with zero attached hydrogens (tertiary/aromatic N) is 1. The Morgan fingerprint density at radius 3 is 2.79 bits per heavy atom. The quantitative estimate of drug-likeness (QED) is 0.433. The van der Waals surface area contributed by atoms with E-state index in [0.717, 1.165) is 18.6 Å². The van der Waals surface area contributed by atoms with Gasteiger partial charge in [0.1, 0.15) is 11.3 Å². The number of carboxylic acids is 1. The SMILES string of the molecule is CSCCCCNc1cccc(C(=O)O)c1[N+](=O)[O-]. The third kappa shape index (κ3) is 4.44. The van der Waals surface area contributed by atoms with Gasteiger partial charge in [-0.3, -0.25) is 10.1 Å². The first-order chi connectivity index (χ1) is 9.07. The van der Waals surface area contributed by atoms with Gasteiger partial charge in [0.25, 0.3) is 0 Å². The van der Waals surface area contributed by atoms with Crippen LogP contribution in [-0.2, 0) is 0 Å². The van der Waals surface area contributed by atoms with Crippen LogP contribution in [0.25, 0.3) is 0 Å². The zero-order chi connectivity index (χ0) is 14.3. The van der Waals surface area contributed by atoms with Crippen molar-refractivity contribution in [3.63, 3.8) is 0 Å². The highest BCUT2D eigenvalue weighted by molar-refractivity contribution is 7.98. The molecule has 6 nitrogen and oxygen atoms in total. The number of carbonyl (C=O) groups is 1. The zero-order valence-electron chi connectivity index (χ0n) is 10.6. The molecule has 0 fully saturated rings. The molecule has 0 atom stereocenters. The van der Waals surface area contributed by atoms with Crippen LogP contribution in [0.5, 0.6) is 0 Å². The van der Waals surface area contributed by atoms with Gasteiger partial charge < -0.3 is 10.4 Å². The molecule has 2 N–H and O–H groups in total. The van der Waals surface area contributed by atoms with Crippen molar-refractivity contribution in [2.45, 2.75) is 12.8 Å². The molecule has 0 spiro atoms. The maximum absolute atomic E-state index is 11.0. The summed E-state index contributed by atoms with van der Waals surface area (Å²) in [5, 5.41) is 22.9. The van der Waals surface area contributed by atoms with Gasteiger partial charge in [0.2, 0.25) is 0 Å². The Kier molecular flexibility index (Phi) is 6.14. The average Bonchev–Trinajstić information content (AvgIpc) is 2.37. The van der Waals surface area contributed by atoms with Crippen molar-refractivity contribution in [1.82, 2.24) is 0 Å². The van der Waals surface area contributed by atoms with Crippen molar-refractivity contribution >= 4 is 29.1 Å². The van der Waals surface area contributed by atoms with E-state index in [2.05, 4.69) is 5.32 Å². The normalized spacial score (nSPS) is 10.2. The van der Waals surface area contributed by atoms with Crippen LogP contribution in [0.3, 0.4) is 0 Å². The number of anilines is 1. The number of rotatable bonds is 8. The summed E-state index contributed by atoms with van der Waals surface area (Å²) in [6.45, 7) is 0.588. The molecule has 104 valence electrons. The Bertz CT molecular complexity index is 465. The summed E-state index contributed by atoms with van der Waals surface area (Å²) in [5.41, 5.74) is -0.409. The van der Waals surface area contributed by atoms with Gasteiger partial charge in [-0.25, -0.2) is 4.79 Å². The molecule has 1 aromatic rings. The molecule has 0 aliphatic heterocycles. The maximum Gasteiger partial charge on any atom is 0.342 e. The van der Waals surface area contributed by atoms with Crippen molar-refractivity contribution in [1.29, 1.82) is 0 Å². The van der Waals surface area contributed by atoms with Crippen molar-refractivity contribution in [3.8, 4) is 0 Å². The van der Waals surface area contributed by atoms with Crippen molar-refractivity contribution < 1.29 is 14.8 Å². The number of nitro benzene ring substituents is 1. The summed E-state index contributed by atoms with van der Waals surface area (Å²) in [7, 11) is 0. The molecule has 1 rings (SSSR count). The first-order valence-corrected chi connectivity index (χ1v) is 7.20. The van der Waals surface area contributed by atoms with Crippen LogP contribution < -0.4 is 5.32 Å². The molecule has 0 saturated carbocycles. The first-order valence-electron chi connectivity index (χ1n) is 5.81. The number of nitro groups is 1. The minimum atomic E-state index is -1.29. The minimum absolute atomic E-state index is 0.258.